The molecule has 0 amide bonds. The minimum atomic E-state index is -1.04. The lowest BCUT2D eigenvalue weighted by molar-refractivity contribution is 0.883. The van der Waals surface area contributed by atoms with Gasteiger partial charge in [0, 0.05) is 0 Å². The van der Waals surface area contributed by atoms with Crippen molar-refractivity contribution in [1.82, 2.24) is 0 Å². The minimum Gasteiger partial charge on any atom is -0.330 e. The average molecular weight is 173 g/mol. The molecule has 0 saturated heterocycles. The molecule has 0 heterocycles. The molecule has 1 nitrogen and oxygen atoms in total. The Kier molecular flexibility index (Phi) is 5.02. The highest BCUT2D eigenvalue weighted by Gasteiger charge is 2.31. The van der Waals surface area contributed by atoms with E-state index in [-0.39, 0.29) is 0 Å². The number of hydrogen-bond acceptors (Lipinski definition) is 1. The Labute approximate surface area is 72.4 Å². The highest BCUT2D eigenvalue weighted by molar-refractivity contribution is 6.81. The van der Waals surface area contributed by atoms with Crippen LogP contribution in [-0.4, -0.2) is 13.7 Å². The van der Waals surface area contributed by atoms with Gasteiger partial charge in [-0.05, 0) is 5.67 Å². The Hall–Kier alpha value is 0.177. The summed E-state index contributed by atoms with van der Waals surface area (Å²) in [6.07, 6.45) is 1.31. The summed E-state index contributed by atoms with van der Waals surface area (Å²) in [5.74, 6) is 0. The Morgan fingerprint density at radius 3 is 1.73 bits per heavy atom. The predicted octanol–water partition coefficient (Wildman–Crippen LogP) is 2.77. The lowest BCUT2D eigenvalue weighted by Crippen LogP contribution is -2.49. The summed E-state index contributed by atoms with van der Waals surface area (Å²) in [4.78, 5) is 0. The first-order chi connectivity index (χ1) is 5.13. The second-order valence-electron chi connectivity index (χ2n) is 3.61. The first-order valence-corrected chi connectivity index (χ1v) is 7.58. The molecule has 0 aliphatic heterocycles. The maximum Gasteiger partial charge on any atom is 0.0714 e. The zero-order chi connectivity index (χ0) is 8.91. The average Bonchev–Trinajstić information content (AvgIpc) is 2.00. The van der Waals surface area contributed by atoms with E-state index >= 15 is 0 Å². The van der Waals surface area contributed by atoms with Crippen molar-refractivity contribution in [3.8, 4) is 0 Å². The standard InChI is InChI=1S/C9H23NSi/c1-5-8-11(6-2,7-3)9(4)10/h9H,5-8,10H2,1-4H3. The molecule has 0 saturated carbocycles. The highest BCUT2D eigenvalue weighted by atomic mass is 28.3. The van der Waals surface area contributed by atoms with Crippen LogP contribution in [0.3, 0.4) is 0 Å². The molecule has 0 spiro atoms. The fourth-order valence-electron chi connectivity index (χ4n) is 1.97. The van der Waals surface area contributed by atoms with Crippen LogP contribution in [0.25, 0.3) is 0 Å². The van der Waals surface area contributed by atoms with Gasteiger partial charge in [0.1, 0.15) is 0 Å². The summed E-state index contributed by atoms with van der Waals surface area (Å²) in [6, 6.07) is 4.13. The highest BCUT2D eigenvalue weighted by Crippen LogP contribution is 2.24. The van der Waals surface area contributed by atoms with Crippen molar-refractivity contribution in [2.75, 3.05) is 0 Å². The fourth-order valence-corrected chi connectivity index (χ4v) is 5.92. The topological polar surface area (TPSA) is 26.0 Å². The van der Waals surface area contributed by atoms with E-state index in [0.717, 1.165) is 0 Å². The van der Waals surface area contributed by atoms with E-state index in [1.807, 2.05) is 0 Å². The predicted molar refractivity (Wildman–Crippen MR) is 55.5 cm³/mol. The summed E-state index contributed by atoms with van der Waals surface area (Å²) < 4.78 is 0. The van der Waals surface area contributed by atoms with Crippen LogP contribution in [0.15, 0.2) is 0 Å². The third-order valence-corrected chi connectivity index (χ3v) is 9.37. The molecule has 0 aromatic heterocycles. The van der Waals surface area contributed by atoms with Crippen molar-refractivity contribution in [2.45, 2.75) is 57.9 Å². The quantitative estimate of drug-likeness (QED) is 0.636. The van der Waals surface area contributed by atoms with E-state index < -0.39 is 8.07 Å². The first-order valence-electron chi connectivity index (χ1n) is 4.88. The molecule has 0 bridgehead atoms. The zero-order valence-corrected chi connectivity index (χ0v) is 9.48. The lowest BCUT2D eigenvalue weighted by atomic mass is 10.6. The van der Waals surface area contributed by atoms with Crippen LogP contribution in [0.4, 0.5) is 0 Å². The van der Waals surface area contributed by atoms with Crippen LogP contribution in [0.2, 0.25) is 18.1 Å². The van der Waals surface area contributed by atoms with Gasteiger partial charge in [-0.15, -0.1) is 0 Å². The molecule has 68 valence electrons. The molecule has 0 aliphatic carbocycles. The molecule has 0 aliphatic rings. The van der Waals surface area contributed by atoms with E-state index in [1.54, 1.807) is 0 Å². The van der Waals surface area contributed by atoms with Crippen LogP contribution in [0.1, 0.15) is 34.1 Å². The van der Waals surface area contributed by atoms with Gasteiger partial charge in [0.15, 0.2) is 0 Å². The molecule has 2 heteroatoms. The molecule has 0 aromatic rings. The second-order valence-corrected chi connectivity index (χ2v) is 9.16. The lowest BCUT2D eigenvalue weighted by Gasteiger charge is -2.33. The van der Waals surface area contributed by atoms with Crippen molar-refractivity contribution < 1.29 is 0 Å². The van der Waals surface area contributed by atoms with E-state index in [9.17, 15) is 0 Å². The summed E-state index contributed by atoms with van der Waals surface area (Å²) >= 11 is 0. The summed E-state index contributed by atoms with van der Waals surface area (Å²) in [5, 5.41) is 0. The molecule has 11 heavy (non-hydrogen) atoms. The molecule has 1 atom stereocenters. The Morgan fingerprint density at radius 1 is 1.18 bits per heavy atom. The van der Waals surface area contributed by atoms with Gasteiger partial charge in [-0.1, -0.05) is 52.2 Å². The van der Waals surface area contributed by atoms with Crippen LogP contribution in [0, 0.1) is 0 Å². The second kappa shape index (κ2) is 4.94. The molecular weight excluding hydrogens is 150 g/mol. The molecule has 0 fully saturated rings. The fraction of sp³-hybridized carbons (Fsp3) is 1.00. The van der Waals surface area contributed by atoms with Gasteiger partial charge in [0.05, 0.1) is 8.07 Å². The Balaban J connectivity index is 4.20. The van der Waals surface area contributed by atoms with E-state index in [4.69, 9.17) is 5.73 Å². The van der Waals surface area contributed by atoms with Crippen LogP contribution in [-0.2, 0) is 0 Å². The first kappa shape index (κ1) is 11.2. The van der Waals surface area contributed by atoms with Crippen molar-refractivity contribution in [3.63, 3.8) is 0 Å². The molecule has 0 radical (unpaired) electrons. The van der Waals surface area contributed by atoms with Crippen LogP contribution >= 0.6 is 0 Å². The van der Waals surface area contributed by atoms with Gasteiger partial charge in [-0.3, -0.25) is 0 Å². The molecule has 1 unspecified atom stereocenters. The van der Waals surface area contributed by atoms with E-state index in [1.165, 1.54) is 24.6 Å². The van der Waals surface area contributed by atoms with Gasteiger partial charge in [0.25, 0.3) is 0 Å². The maximum absolute atomic E-state index is 6.04. The van der Waals surface area contributed by atoms with E-state index in [2.05, 4.69) is 27.7 Å². The molecule has 0 aromatic carbocycles. The number of hydrogen-bond donors (Lipinski definition) is 1. The van der Waals surface area contributed by atoms with Crippen molar-refractivity contribution in [1.29, 1.82) is 0 Å². The van der Waals surface area contributed by atoms with Gasteiger partial charge >= 0.3 is 0 Å². The Morgan fingerprint density at radius 2 is 1.64 bits per heavy atom. The smallest absolute Gasteiger partial charge is 0.0714 e. The zero-order valence-electron chi connectivity index (χ0n) is 8.48. The van der Waals surface area contributed by atoms with E-state index in [0.29, 0.717) is 5.67 Å². The third-order valence-electron chi connectivity index (χ3n) is 3.12. The maximum atomic E-state index is 6.04. The number of rotatable bonds is 5. The van der Waals surface area contributed by atoms with Gasteiger partial charge in [-0.25, -0.2) is 0 Å². The molecule has 0 rings (SSSR count). The summed E-state index contributed by atoms with van der Waals surface area (Å²) in [5.41, 5.74) is 6.52. The van der Waals surface area contributed by atoms with Crippen molar-refractivity contribution >= 4 is 8.07 Å². The van der Waals surface area contributed by atoms with Gasteiger partial charge in [0.2, 0.25) is 0 Å². The molecule has 2 N–H and O–H groups in total. The largest absolute Gasteiger partial charge is 0.330 e. The van der Waals surface area contributed by atoms with Crippen LogP contribution in [0.5, 0.6) is 0 Å². The van der Waals surface area contributed by atoms with Gasteiger partial charge < -0.3 is 5.73 Å². The normalized spacial score (nSPS) is 15.0. The summed E-state index contributed by atoms with van der Waals surface area (Å²) in [6.45, 7) is 9.10. The summed E-state index contributed by atoms with van der Waals surface area (Å²) in [7, 11) is -1.04. The monoisotopic (exact) mass is 173 g/mol. The Bertz CT molecular complexity index is 97.7. The number of nitrogens with two attached hydrogens (primary N) is 1. The minimum absolute atomic E-state index is 0.484. The molecular formula is C9H23NSi. The third kappa shape index (κ3) is 2.60. The SMILES string of the molecule is CCC[Si](CC)(CC)C(C)N. The van der Waals surface area contributed by atoms with Crippen LogP contribution < -0.4 is 5.73 Å². The van der Waals surface area contributed by atoms with Gasteiger partial charge in [-0.2, -0.15) is 0 Å². The van der Waals surface area contributed by atoms with Crippen molar-refractivity contribution in [2.24, 2.45) is 5.73 Å². The van der Waals surface area contributed by atoms with Crippen molar-refractivity contribution in [3.05, 3.63) is 0 Å².